The third-order valence-corrected chi connectivity index (χ3v) is 4.13. The zero-order valence-electron chi connectivity index (χ0n) is 12.4. The van der Waals surface area contributed by atoms with Crippen molar-refractivity contribution in [3.63, 3.8) is 0 Å². The minimum Gasteiger partial charge on any atom is -0.396 e. The maximum atomic E-state index is 9.49. The van der Waals surface area contributed by atoms with Crippen molar-refractivity contribution >= 4 is 11.6 Å². The molecule has 1 rings (SSSR count). The second kappa shape index (κ2) is 7.28. The van der Waals surface area contributed by atoms with E-state index in [0.29, 0.717) is 5.92 Å². The van der Waals surface area contributed by atoms with Crippen LogP contribution in [0.15, 0.2) is 24.3 Å². The number of rotatable bonds is 7. The molecule has 0 aliphatic carbocycles. The summed E-state index contributed by atoms with van der Waals surface area (Å²) in [6.07, 6.45) is 0.960. The summed E-state index contributed by atoms with van der Waals surface area (Å²) in [5.74, 6) is 0.487. The fraction of sp³-hybridized carbons (Fsp3) is 0.625. The lowest BCUT2D eigenvalue weighted by molar-refractivity contribution is 0.129. The van der Waals surface area contributed by atoms with Gasteiger partial charge in [0, 0.05) is 29.6 Å². The Bertz CT molecular complexity index is 371. The number of aliphatic hydroxyl groups excluding tert-OH is 1. The summed E-state index contributed by atoms with van der Waals surface area (Å²) in [7, 11) is 0. The number of hydrogen-bond donors (Lipinski definition) is 2. The Morgan fingerprint density at radius 2 is 1.84 bits per heavy atom. The van der Waals surface area contributed by atoms with Gasteiger partial charge in [-0.15, -0.1) is 0 Å². The van der Waals surface area contributed by atoms with E-state index in [1.165, 1.54) is 5.56 Å². The second-order valence-corrected chi connectivity index (χ2v) is 6.41. The summed E-state index contributed by atoms with van der Waals surface area (Å²) in [5, 5.41) is 13.8. The van der Waals surface area contributed by atoms with Crippen LogP contribution < -0.4 is 5.32 Å². The molecule has 0 radical (unpaired) electrons. The van der Waals surface area contributed by atoms with Gasteiger partial charge in [-0.25, -0.2) is 0 Å². The maximum Gasteiger partial charge on any atom is 0.0496 e. The Kier molecular flexibility index (Phi) is 6.31. The minimum atomic E-state index is -0.0560. The van der Waals surface area contributed by atoms with Gasteiger partial charge in [0.25, 0.3) is 0 Å². The predicted molar refractivity (Wildman–Crippen MR) is 82.5 cm³/mol. The van der Waals surface area contributed by atoms with Crippen molar-refractivity contribution in [1.82, 2.24) is 5.32 Å². The van der Waals surface area contributed by atoms with Gasteiger partial charge in [0.2, 0.25) is 0 Å². The van der Waals surface area contributed by atoms with Crippen molar-refractivity contribution < 1.29 is 5.11 Å². The Labute approximate surface area is 122 Å². The summed E-state index contributed by atoms with van der Waals surface area (Å²) < 4.78 is 0. The molecule has 0 heterocycles. The number of hydrogen-bond acceptors (Lipinski definition) is 2. The molecule has 2 unspecified atom stereocenters. The number of nitrogens with one attached hydrogen (secondary N) is 1. The largest absolute Gasteiger partial charge is 0.396 e. The summed E-state index contributed by atoms with van der Waals surface area (Å²) in [6.45, 7) is 9.65. The molecular weight excluding hydrogens is 258 g/mol. The molecule has 108 valence electrons. The maximum absolute atomic E-state index is 9.49. The first-order valence-electron chi connectivity index (χ1n) is 7.01. The van der Waals surface area contributed by atoms with Crippen LogP contribution >= 0.6 is 11.6 Å². The van der Waals surface area contributed by atoms with Gasteiger partial charge in [-0.3, -0.25) is 0 Å². The standard InChI is InChI=1S/C16H26ClNO/c1-5-16(4,11-19)10-18-15(12(2)3)13-6-8-14(17)9-7-13/h6-9,12,15,18-19H,5,10-11H2,1-4H3. The molecule has 0 aliphatic rings. The third-order valence-electron chi connectivity index (χ3n) is 3.88. The van der Waals surface area contributed by atoms with Crippen LogP contribution in [0, 0.1) is 11.3 Å². The highest BCUT2D eigenvalue weighted by Crippen LogP contribution is 2.26. The van der Waals surface area contributed by atoms with Gasteiger partial charge < -0.3 is 10.4 Å². The second-order valence-electron chi connectivity index (χ2n) is 5.98. The van der Waals surface area contributed by atoms with Crippen LogP contribution in [-0.2, 0) is 0 Å². The van der Waals surface area contributed by atoms with Crippen LogP contribution in [-0.4, -0.2) is 18.3 Å². The van der Waals surface area contributed by atoms with E-state index in [1.807, 2.05) is 12.1 Å². The van der Waals surface area contributed by atoms with E-state index < -0.39 is 0 Å². The fourth-order valence-corrected chi connectivity index (χ4v) is 2.18. The van der Waals surface area contributed by atoms with Crippen molar-refractivity contribution in [1.29, 1.82) is 0 Å². The van der Waals surface area contributed by atoms with E-state index >= 15 is 0 Å². The van der Waals surface area contributed by atoms with E-state index in [-0.39, 0.29) is 18.1 Å². The highest BCUT2D eigenvalue weighted by molar-refractivity contribution is 6.30. The molecule has 1 aromatic carbocycles. The van der Waals surface area contributed by atoms with Gasteiger partial charge in [0.15, 0.2) is 0 Å². The molecule has 0 saturated heterocycles. The molecule has 2 atom stereocenters. The lowest BCUT2D eigenvalue weighted by atomic mass is 9.87. The number of halogens is 1. The van der Waals surface area contributed by atoms with Crippen molar-refractivity contribution in [3.05, 3.63) is 34.9 Å². The molecule has 0 saturated carbocycles. The topological polar surface area (TPSA) is 32.3 Å². The lowest BCUT2D eigenvalue weighted by Crippen LogP contribution is -2.38. The van der Waals surface area contributed by atoms with Crippen LogP contribution in [0.5, 0.6) is 0 Å². The predicted octanol–water partition coefficient (Wildman–Crippen LogP) is 4.04. The quantitative estimate of drug-likeness (QED) is 0.792. The van der Waals surface area contributed by atoms with E-state index in [2.05, 4.69) is 45.1 Å². The third kappa shape index (κ3) is 4.79. The normalized spacial score (nSPS) is 16.4. The molecule has 2 N–H and O–H groups in total. The molecular formula is C16H26ClNO. The van der Waals surface area contributed by atoms with Crippen LogP contribution in [0.1, 0.15) is 45.7 Å². The van der Waals surface area contributed by atoms with Crippen molar-refractivity contribution in [3.8, 4) is 0 Å². The smallest absolute Gasteiger partial charge is 0.0496 e. The monoisotopic (exact) mass is 283 g/mol. The van der Waals surface area contributed by atoms with Crippen LogP contribution in [0.25, 0.3) is 0 Å². The van der Waals surface area contributed by atoms with Gasteiger partial charge in [-0.1, -0.05) is 51.4 Å². The average Bonchev–Trinajstić information content (AvgIpc) is 2.40. The summed E-state index contributed by atoms with van der Waals surface area (Å²) >= 11 is 5.94. The SMILES string of the molecule is CCC(C)(CO)CNC(c1ccc(Cl)cc1)C(C)C. The first kappa shape index (κ1) is 16.5. The lowest BCUT2D eigenvalue weighted by Gasteiger charge is -2.31. The van der Waals surface area contributed by atoms with E-state index in [0.717, 1.165) is 18.0 Å². The molecule has 0 fully saturated rings. The zero-order chi connectivity index (χ0) is 14.5. The minimum absolute atomic E-state index is 0.0560. The molecule has 2 nitrogen and oxygen atoms in total. The van der Waals surface area contributed by atoms with Gasteiger partial charge in [-0.05, 0) is 30.0 Å². The van der Waals surface area contributed by atoms with Gasteiger partial charge >= 0.3 is 0 Å². The van der Waals surface area contributed by atoms with Crippen molar-refractivity contribution in [2.45, 2.75) is 40.2 Å². The molecule has 0 bridgehead atoms. The Balaban J connectivity index is 2.76. The fourth-order valence-electron chi connectivity index (χ4n) is 2.06. The highest BCUT2D eigenvalue weighted by atomic mass is 35.5. The highest BCUT2D eigenvalue weighted by Gasteiger charge is 2.24. The number of aliphatic hydroxyl groups is 1. The van der Waals surface area contributed by atoms with E-state index in [1.54, 1.807) is 0 Å². The molecule has 0 aromatic heterocycles. The van der Waals surface area contributed by atoms with Crippen molar-refractivity contribution in [2.75, 3.05) is 13.2 Å². The Morgan fingerprint density at radius 3 is 2.26 bits per heavy atom. The molecule has 1 aromatic rings. The molecule has 19 heavy (non-hydrogen) atoms. The average molecular weight is 284 g/mol. The van der Waals surface area contributed by atoms with E-state index in [4.69, 9.17) is 11.6 Å². The summed E-state index contributed by atoms with van der Waals surface area (Å²) in [6, 6.07) is 8.29. The van der Waals surface area contributed by atoms with Gasteiger partial charge in [0.1, 0.15) is 0 Å². The first-order chi connectivity index (χ1) is 8.91. The Morgan fingerprint density at radius 1 is 1.26 bits per heavy atom. The molecule has 3 heteroatoms. The summed E-state index contributed by atoms with van der Waals surface area (Å²) in [4.78, 5) is 0. The van der Waals surface area contributed by atoms with E-state index in [9.17, 15) is 5.11 Å². The van der Waals surface area contributed by atoms with Gasteiger partial charge in [0.05, 0.1) is 0 Å². The molecule has 0 amide bonds. The first-order valence-corrected chi connectivity index (χ1v) is 7.39. The molecule has 0 spiro atoms. The number of benzene rings is 1. The zero-order valence-corrected chi connectivity index (χ0v) is 13.2. The molecule has 0 aliphatic heterocycles. The van der Waals surface area contributed by atoms with Crippen LogP contribution in [0.3, 0.4) is 0 Å². The summed E-state index contributed by atoms with van der Waals surface area (Å²) in [5.41, 5.74) is 1.19. The van der Waals surface area contributed by atoms with Gasteiger partial charge in [-0.2, -0.15) is 0 Å². The Hall–Kier alpha value is -0.570. The van der Waals surface area contributed by atoms with Crippen LogP contribution in [0.2, 0.25) is 5.02 Å². The van der Waals surface area contributed by atoms with Crippen molar-refractivity contribution in [2.24, 2.45) is 11.3 Å². The van der Waals surface area contributed by atoms with Crippen LogP contribution in [0.4, 0.5) is 0 Å².